The van der Waals surface area contributed by atoms with Crippen LogP contribution < -0.4 is 0 Å². The summed E-state index contributed by atoms with van der Waals surface area (Å²) >= 11 is 0. The molecule has 14 heavy (non-hydrogen) atoms. The van der Waals surface area contributed by atoms with E-state index >= 15 is 0 Å². The van der Waals surface area contributed by atoms with Crippen molar-refractivity contribution < 1.29 is 5.11 Å². The first-order valence-electron chi connectivity index (χ1n) is 4.87. The van der Waals surface area contributed by atoms with Crippen LogP contribution in [-0.2, 0) is 6.42 Å². The summed E-state index contributed by atoms with van der Waals surface area (Å²) in [5.74, 6) is 0.633. The van der Waals surface area contributed by atoms with Crippen molar-refractivity contribution in [2.75, 3.05) is 0 Å². The molecule has 0 saturated heterocycles. The standard InChI is InChI=1S/C11H14N2O/c1-3-8-4-5-9-10(6-8)13-11(12-9)7(2)14/h4-7,14H,3H2,1-2H3,(H,12,13)/t7-/m0/s1. The topological polar surface area (TPSA) is 48.9 Å². The number of hydrogen-bond donors (Lipinski definition) is 2. The Balaban J connectivity index is 2.54. The van der Waals surface area contributed by atoms with Crippen LogP contribution in [0.5, 0.6) is 0 Å². The number of aryl methyl sites for hydroxylation is 1. The van der Waals surface area contributed by atoms with Gasteiger partial charge in [-0.05, 0) is 31.0 Å². The minimum absolute atomic E-state index is 0.535. The number of imidazole rings is 1. The number of hydrogen-bond acceptors (Lipinski definition) is 2. The molecule has 74 valence electrons. The number of rotatable bonds is 2. The summed E-state index contributed by atoms with van der Waals surface area (Å²) < 4.78 is 0. The zero-order valence-electron chi connectivity index (χ0n) is 8.41. The number of aromatic nitrogens is 2. The molecule has 0 bridgehead atoms. The fourth-order valence-electron chi connectivity index (χ4n) is 1.49. The van der Waals surface area contributed by atoms with Crippen molar-refractivity contribution in [2.45, 2.75) is 26.4 Å². The van der Waals surface area contributed by atoms with Gasteiger partial charge in [-0.1, -0.05) is 13.0 Å². The molecule has 3 heteroatoms. The smallest absolute Gasteiger partial charge is 0.135 e. The van der Waals surface area contributed by atoms with Crippen molar-refractivity contribution in [3.05, 3.63) is 29.6 Å². The zero-order valence-corrected chi connectivity index (χ0v) is 8.41. The Morgan fingerprint density at radius 2 is 2.29 bits per heavy atom. The van der Waals surface area contributed by atoms with Gasteiger partial charge in [0.25, 0.3) is 0 Å². The van der Waals surface area contributed by atoms with Crippen LogP contribution in [0.4, 0.5) is 0 Å². The molecule has 0 fully saturated rings. The molecule has 0 spiro atoms. The van der Waals surface area contributed by atoms with E-state index in [1.807, 2.05) is 6.07 Å². The van der Waals surface area contributed by atoms with Crippen molar-refractivity contribution >= 4 is 11.0 Å². The lowest BCUT2D eigenvalue weighted by Gasteiger charge is -1.95. The van der Waals surface area contributed by atoms with Gasteiger partial charge in [-0.25, -0.2) is 4.98 Å². The fraction of sp³-hybridized carbons (Fsp3) is 0.364. The third-order valence-electron chi connectivity index (χ3n) is 2.37. The van der Waals surface area contributed by atoms with Gasteiger partial charge in [0.15, 0.2) is 0 Å². The first kappa shape index (κ1) is 9.21. The molecule has 0 unspecified atom stereocenters. The number of fused-ring (bicyclic) bond motifs is 1. The van der Waals surface area contributed by atoms with E-state index in [-0.39, 0.29) is 0 Å². The molecule has 0 radical (unpaired) electrons. The Morgan fingerprint density at radius 1 is 1.50 bits per heavy atom. The average molecular weight is 190 g/mol. The van der Waals surface area contributed by atoms with E-state index in [0.717, 1.165) is 17.5 Å². The highest BCUT2D eigenvalue weighted by Crippen LogP contribution is 2.17. The second-order valence-corrected chi connectivity index (χ2v) is 3.50. The number of benzene rings is 1. The minimum Gasteiger partial charge on any atom is -0.385 e. The molecule has 0 aliphatic carbocycles. The van der Waals surface area contributed by atoms with E-state index in [4.69, 9.17) is 0 Å². The third kappa shape index (κ3) is 1.51. The quantitative estimate of drug-likeness (QED) is 0.762. The first-order valence-corrected chi connectivity index (χ1v) is 4.87. The van der Waals surface area contributed by atoms with Crippen LogP contribution in [0.2, 0.25) is 0 Å². The molecule has 2 N–H and O–H groups in total. The number of H-pyrrole nitrogens is 1. The predicted molar refractivity (Wildman–Crippen MR) is 56.1 cm³/mol. The number of aromatic amines is 1. The highest BCUT2D eigenvalue weighted by Gasteiger charge is 2.07. The van der Waals surface area contributed by atoms with Crippen LogP contribution in [0.3, 0.4) is 0 Å². The van der Waals surface area contributed by atoms with Crippen LogP contribution >= 0.6 is 0 Å². The van der Waals surface area contributed by atoms with Crippen molar-refractivity contribution in [2.24, 2.45) is 0 Å². The normalized spacial score (nSPS) is 13.4. The van der Waals surface area contributed by atoms with Crippen LogP contribution in [0.1, 0.15) is 31.3 Å². The number of aliphatic hydroxyl groups is 1. The minimum atomic E-state index is -0.535. The maximum absolute atomic E-state index is 9.36. The SMILES string of the molecule is CCc1ccc2nc([C@H](C)O)[nH]c2c1. The Hall–Kier alpha value is -1.35. The van der Waals surface area contributed by atoms with Gasteiger partial charge in [0.1, 0.15) is 11.9 Å². The second-order valence-electron chi connectivity index (χ2n) is 3.50. The van der Waals surface area contributed by atoms with E-state index in [1.165, 1.54) is 5.56 Å². The van der Waals surface area contributed by atoms with Gasteiger partial charge in [0.05, 0.1) is 11.0 Å². The molecule has 3 nitrogen and oxygen atoms in total. The van der Waals surface area contributed by atoms with Crippen LogP contribution in [-0.4, -0.2) is 15.1 Å². The summed E-state index contributed by atoms with van der Waals surface area (Å²) in [6.07, 6.45) is 0.478. The van der Waals surface area contributed by atoms with Crippen molar-refractivity contribution in [3.8, 4) is 0 Å². The van der Waals surface area contributed by atoms with Gasteiger partial charge in [0, 0.05) is 0 Å². The fourth-order valence-corrected chi connectivity index (χ4v) is 1.49. The van der Waals surface area contributed by atoms with Crippen LogP contribution in [0.15, 0.2) is 18.2 Å². The Kier molecular flexibility index (Phi) is 2.25. The van der Waals surface area contributed by atoms with Gasteiger partial charge in [-0.15, -0.1) is 0 Å². The Bertz CT molecular complexity index is 445. The Morgan fingerprint density at radius 3 is 2.93 bits per heavy atom. The molecular weight excluding hydrogens is 176 g/mol. The lowest BCUT2D eigenvalue weighted by molar-refractivity contribution is 0.190. The van der Waals surface area contributed by atoms with Crippen LogP contribution in [0.25, 0.3) is 11.0 Å². The molecule has 0 saturated carbocycles. The lowest BCUT2D eigenvalue weighted by atomic mass is 10.1. The molecular formula is C11H14N2O. The number of aliphatic hydroxyl groups excluding tert-OH is 1. The molecule has 1 heterocycles. The molecule has 0 aliphatic heterocycles. The average Bonchev–Trinajstić information content (AvgIpc) is 2.59. The molecule has 1 aromatic carbocycles. The molecule has 1 atom stereocenters. The monoisotopic (exact) mass is 190 g/mol. The molecule has 0 amide bonds. The summed E-state index contributed by atoms with van der Waals surface area (Å²) in [5.41, 5.74) is 3.19. The lowest BCUT2D eigenvalue weighted by Crippen LogP contribution is -1.92. The van der Waals surface area contributed by atoms with E-state index in [2.05, 4.69) is 29.0 Å². The summed E-state index contributed by atoms with van der Waals surface area (Å²) in [6.45, 7) is 3.82. The summed E-state index contributed by atoms with van der Waals surface area (Å²) in [5, 5.41) is 9.36. The molecule has 0 aliphatic rings. The van der Waals surface area contributed by atoms with E-state index in [1.54, 1.807) is 6.92 Å². The number of nitrogens with one attached hydrogen (secondary N) is 1. The highest BCUT2D eigenvalue weighted by atomic mass is 16.3. The van der Waals surface area contributed by atoms with E-state index in [9.17, 15) is 5.11 Å². The maximum Gasteiger partial charge on any atom is 0.135 e. The van der Waals surface area contributed by atoms with Gasteiger partial charge in [-0.3, -0.25) is 0 Å². The number of nitrogens with zero attached hydrogens (tertiary/aromatic N) is 1. The first-order chi connectivity index (χ1) is 6.70. The summed E-state index contributed by atoms with van der Waals surface area (Å²) in [7, 11) is 0. The largest absolute Gasteiger partial charge is 0.385 e. The van der Waals surface area contributed by atoms with Gasteiger partial charge in [0.2, 0.25) is 0 Å². The van der Waals surface area contributed by atoms with Crippen molar-refractivity contribution in [3.63, 3.8) is 0 Å². The van der Waals surface area contributed by atoms with Crippen molar-refractivity contribution in [1.29, 1.82) is 0 Å². The third-order valence-corrected chi connectivity index (χ3v) is 2.37. The zero-order chi connectivity index (χ0) is 10.1. The predicted octanol–water partition coefficient (Wildman–Crippen LogP) is 2.18. The van der Waals surface area contributed by atoms with Gasteiger partial charge >= 0.3 is 0 Å². The van der Waals surface area contributed by atoms with Crippen LogP contribution in [0, 0.1) is 0 Å². The molecule has 1 aromatic heterocycles. The maximum atomic E-state index is 9.36. The summed E-state index contributed by atoms with van der Waals surface area (Å²) in [4.78, 5) is 7.39. The highest BCUT2D eigenvalue weighted by molar-refractivity contribution is 5.75. The van der Waals surface area contributed by atoms with Gasteiger partial charge in [-0.2, -0.15) is 0 Å². The van der Waals surface area contributed by atoms with Gasteiger partial charge < -0.3 is 10.1 Å². The summed E-state index contributed by atoms with van der Waals surface area (Å²) in [6, 6.07) is 6.12. The van der Waals surface area contributed by atoms with Crippen molar-refractivity contribution in [1.82, 2.24) is 9.97 Å². The molecule has 2 rings (SSSR count). The molecule has 2 aromatic rings. The Labute approximate surface area is 82.8 Å². The van der Waals surface area contributed by atoms with E-state index < -0.39 is 6.10 Å². The second kappa shape index (κ2) is 3.42. The van der Waals surface area contributed by atoms with E-state index in [0.29, 0.717) is 5.82 Å².